The third-order valence-corrected chi connectivity index (χ3v) is 2.90. The molecule has 6 nitrogen and oxygen atoms in total. The SMILES string of the molecule is O=C(CCNc1ccccc1[N+](=O)[O-])Nc1ccc(F)cc1. The first-order valence-corrected chi connectivity index (χ1v) is 6.59. The van der Waals surface area contributed by atoms with Crippen molar-refractivity contribution in [1.29, 1.82) is 0 Å². The summed E-state index contributed by atoms with van der Waals surface area (Å²) >= 11 is 0. The molecule has 7 heteroatoms. The summed E-state index contributed by atoms with van der Waals surface area (Å²) in [6.45, 7) is 0.248. The number of para-hydroxylation sites is 2. The van der Waals surface area contributed by atoms with Gasteiger partial charge in [0.05, 0.1) is 4.92 Å². The number of carbonyl (C=O) groups excluding carboxylic acids is 1. The summed E-state index contributed by atoms with van der Waals surface area (Å²) in [4.78, 5) is 22.1. The summed E-state index contributed by atoms with van der Waals surface area (Å²) < 4.78 is 12.7. The lowest BCUT2D eigenvalue weighted by Crippen LogP contribution is -2.16. The van der Waals surface area contributed by atoms with Crippen LogP contribution >= 0.6 is 0 Å². The highest BCUT2D eigenvalue weighted by Gasteiger charge is 2.12. The zero-order valence-corrected chi connectivity index (χ0v) is 11.6. The number of nitro benzene ring substituents is 1. The molecule has 0 bridgehead atoms. The van der Waals surface area contributed by atoms with E-state index in [1.54, 1.807) is 18.2 Å². The molecule has 0 radical (unpaired) electrons. The Morgan fingerprint density at radius 3 is 2.50 bits per heavy atom. The van der Waals surface area contributed by atoms with Crippen molar-refractivity contribution in [2.24, 2.45) is 0 Å². The van der Waals surface area contributed by atoms with Crippen LogP contribution in [-0.2, 0) is 4.79 Å². The quantitative estimate of drug-likeness (QED) is 0.634. The standard InChI is InChI=1S/C15H14FN3O3/c16-11-5-7-12(8-6-11)18-15(20)9-10-17-13-3-1-2-4-14(13)19(21)22/h1-8,17H,9-10H2,(H,18,20). The van der Waals surface area contributed by atoms with Crippen LogP contribution in [0.1, 0.15) is 6.42 Å². The van der Waals surface area contributed by atoms with Gasteiger partial charge >= 0.3 is 0 Å². The van der Waals surface area contributed by atoms with Gasteiger partial charge < -0.3 is 10.6 Å². The fourth-order valence-electron chi connectivity index (χ4n) is 1.85. The molecule has 22 heavy (non-hydrogen) atoms. The van der Waals surface area contributed by atoms with Crippen LogP contribution < -0.4 is 10.6 Å². The molecule has 0 spiro atoms. The lowest BCUT2D eigenvalue weighted by molar-refractivity contribution is -0.384. The van der Waals surface area contributed by atoms with Crippen molar-refractivity contribution < 1.29 is 14.1 Å². The molecule has 2 aromatic rings. The van der Waals surface area contributed by atoms with Gasteiger partial charge in [-0.3, -0.25) is 14.9 Å². The zero-order valence-electron chi connectivity index (χ0n) is 11.6. The maximum Gasteiger partial charge on any atom is 0.292 e. The van der Waals surface area contributed by atoms with E-state index in [9.17, 15) is 19.3 Å². The molecule has 1 amide bonds. The molecule has 0 saturated carbocycles. The molecule has 0 aliphatic rings. The monoisotopic (exact) mass is 303 g/mol. The zero-order chi connectivity index (χ0) is 15.9. The van der Waals surface area contributed by atoms with Crippen molar-refractivity contribution >= 4 is 23.0 Å². The number of rotatable bonds is 6. The van der Waals surface area contributed by atoms with Crippen molar-refractivity contribution in [2.75, 3.05) is 17.2 Å². The summed E-state index contributed by atoms with van der Waals surface area (Å²) in [7, 11) is 0. The van der Waals surface area contributed by atoms with Crippen molar-refractivity contribution in [3.05, 3.63) is 64.5 Å². The van der Waals surface area contributed by atoms with Crippen LogP contribution in [0.3, 0.4) is 0 Å². The minimum absolute atomic E-state index is 0.0403. The fraction of sp³-hybridized carbons (Fsp3) is 0.133. The number of benzene rings is 2. The predicted octanol–water partition coefficient (Wildman–Crippen LogP) is 3.17. The number of nitro groups is 1. The Labute approximate surface area is 126 Å². The van der Waals surface area contributed by atoms with E-state index in [4.69, 9.17) is 0 Å². The Balaban J connectivity index is 1.85. The molecule has 0 saturated heterocycles. The molecule has 0 aliphatic carbocycles. The summed E-state index contributed by atoms with van der Waals surface area (Å²) in [5, 5.41) is 16.3. The molecule has 114 valence electrons. The lowest BCUT2D eigenvalue weighted by atomic mass is 10.2. The third kappa shape index (κ3) is 4.27. The second-order valence-electron chi connectivity index (χ2n) is 4.51. The molecule has 0 heterocycles. The van der Waals surface area contributed by atoms with Crippen molar-refractivity contribution in [3.63, 3.8) is 0 Å². The normalized spacial score (nSPS) is 10.0. The van der Waals surface area contributed by atoms with Crippen LogP contribution in [0.25, 0.3) is 0 Å². The molecule has 0 aliphatic heterocycles. The first-order chi connectivity index (χ1) is 10.6. The number of nitrogens with one attached hydrogen (secondary N) is 2. The number of anilines is 2. The summed E-state index contributed by atoms with van der Waals surface area (Å²) in [6, 6.07) is 11.6. The smallest absolute Gasteiger partial charge is 0.292 e. The van der Waals surface area contributed by atoms with Crippen LogP contribution in [0.15, 0.2) is 48.5 Å². The Morgan fingerprint density at radius 2 is 1.82 bits per heavy atom. The van der Waals surface area contributed by atoms with Gasteiger partial charge in [0.15, 0.2) is 0 Å². The Hall–Kier alpha value is -2.96. The van der Waals surface area contributed by atoms with Crippen LogP contribution in [0.5, 0.6) is 0 Å². The van der Waals surface area contributed by atoms with E-state index in [0.717, 1.165) is 0 Å². The van der Waals surface area contributed by atoms with Gasteiger partial charge in [-0.1, -0.05) is 12.1 Å². The van der Waals surface area contributed by atoms with E-state index >= 15 is 0 Å². The minimum atomic E-state index is -0.485. The highest BCUT2D eigenvalue weighted by molar-refractivity contribution is 5.91. The third-order valence-electron chi connectivity index (χ3n) is 2.90. The number of carbonyl (C=O) groups is 1. The highest BCUT2D eigenvalue weighted by Crippen LogP contribution is 2.22. The maximum absolute atomic E-state index is 12.7. The highest BCUT2D eigenvalue weighted by atomic mass is 19.1. The molecular weight excluding hydrogens is 289 g/mol. The number of amides is 1. The molecule has 2 aromatic carbocycles. The van der Waals surface area contributed by atoms with Crippen molar-refractivity contribution in [1.82, 2.24) is 0 Å². The summed E-state index contributed by atoms with van der Waals surface area (Å²) in [5.74, 6) is -0.645. The number of hydrogen-bond acceptors (Lipinski definition) is 4. The van der Waals surface area contributed by atoms with Crippen LogP contribution in [0, 0.1) is 15.9 Å². The first-order valence-electron chi connectivity index (χ1n) is 6.59. The molecular formula is C15H14FN3O3. The Morgan fingerprint density at radius 1 is 1.14 bits per heavy atom. The Bertz CT molecular complexity index is 674. The van der Waals surface area contributed by atoms with Crippen LogP contribution in [0.2, 0.25) is 0 Å². The topological polar surface area (TPSA) is 84.3 Å². The van der Waals surface area contributed by atoms with Gasteiger partial charge in [0.1, 0.15) is 11.5 Å². The van der Waals surface area contributed by atoms with Gasteiger partial charge in [-0.2, -0.15) is 0 Å². The average molecular weight is 303 g/mol. The van der Waals surface area contributed by atoms with Gasteiger partial charge in [-0.25, -0.2) is 4.39 Å². The fourth-order valence-corrected chi connectivity index (χ4v) is 1.85. The number of nitrogens with zero attached hydrogens (tertiary/aromatic N) is 1. The Kier molecular flexibility index (Phi) is 5.02. The number of halogens is 1. The molecule has 0 unspecified atom stereocenters. The van der Waals surface area contributed by atoms with E-state index in [1.807, 2.05) is 0 Å². The largest absolute Gasteiger partial charge is 0.379 e. The lowest BCUT2D eigenvalue weighted by Gasteiger charge is -2.08. The van der Waals surface area contributed by atoms with E-state index in [1.165, 1.54) is 30.3 Å². The maximum atomic E-state index is 12.7. The van der Waals surface area contributed by atoms with Crippen molar-refractivity contribution in [2.45, 2.75) is 6.42 Å². The predicted molar refractivity (Wildman–Crippen MR) is 81.2 cm³/mol. The molecule has 0 atom stereocenters. The summed E-state index contributed by atoms with van der Waals surface area (Å²) in [6.07, 6.45) is 0.128. The van der Waals surface area contributed by atoms with E-state index in [0.29, 0.717) is 11.4 Å². The average Bonchev–Trinajstić information content (AvgIpc) is 2.50. The molecule has 0 aromatic heterocycles. The molecule has 2 rings (SSSR count). The second-order valence-corrected chi connectivity index (χ2v) is 4.51. The van der Waals surface area contributed by atoms with Crippen LogP contribution in [0.4, 0.5) is 21.5 Å². The van der Waals surface area contributed by atoms with Crippen molar-refractivity contribution in [3.8, 4) is 0 Å². The van der Waals surface area contributed by atoms with Crippen LogP contribution in [-0.4, -0.2) is 17.4 Å². The minimum Gasteiger partial charge on any atom is -0.379 e. The summed E-state index contributed by atoms with van der Waals surface area (Å²) in [5.41, 5.74) is 0.820. The van der Waals surface area contributed by atoms with E-state index in [-0.39, 0.29) is 30.4 Å². The molecule has 0 fully saturated rings. The van der Waals surface area contributed by atoms with Gasteiger partial charge in [-0.15, -0.1) is 0 Å². The number of hydrogen-bond donors (Lipinski definition) is 2. The molecule has 2 N–H and O–H groups in total. The van der Waals surface area contributed by atoms with E-state index < -0.39 is 4.92 Å². The van der Waals surface area contributed by atoms with Gasteiger partial charge in [-0.05, 0) is 30.3 Å². The van der Waals surface area contributed by atoms with Gasteiger partial charge in [0, 0.05) is 24.7 Å². The van der Waals surface area contributed by atoms with E-state index in [2.05, 4.69) is 10.6 Å². The second kappa shape index (κ2) is 7.16. The van der Waals surface area contributed by atoms with Gasteiger partial charge in [0.2, 0.25) is 5.91 Å². The first kappa shape index (κ1) is 15.4. The van der Waals surface area contributed by atoms with Gasteiger partial charge in [0.25, 0.3) is 5.69 Å².